The minimum atomic E-state index is -0.161. The molecule has 0 aliphatic heterocycles. The summed E-state index contributed by atoms with van der Waals surface area (Å²) in [6.07, 6.45) is 2.12. The summed E-state index contributed by atoms with van der Waals surface area (Å²) in [5, 5.41) is 0.119. The lowest BCUT2D eigenvalue weighted by molar-refractivity contribution is 0.554. The van der Waals surface area contributed by atoms with Gasteiger partial charge in [0.2, 0.25) is 0 Å². The molecular formula is C12H17BF. The van der Waals surface area contributed by atoms with Gasteiger partial charge in [-0.25, -0.2) is 4.39 Å². The molecule has 2 heteroatoms. The predicted octanol–water partition coefficient (Wildman–Crippen LogP) is 3.59. The number of rotatable bonds is 4. The van der Waals surface area contributed by atoms with Crippen LogP contribution in [0.3, 0.4) is 0 Å². The first-order valence-corrected chi connectivity index (χ1v) is 5.25. The Morgan fingerprint density at radius 1 is 1.14 bits per heavy atom. The Labute approximate surface area is 86.8 Å². The van der Waals surface area contributed by atoms with Crippen molar-refractivity contribution in [2.45, 2.75) is 38.8 Å². The van der Waals surface area contributed by atoms with E-state index in [4.69, 9.17) is 0 Å². The largest absolute Gasteiger partial charge is 0.207 e. The van der Waals surface area contributed by atoms with E-state index in [0.717, 1.165) is 12.8 Å². The van der Waals surface area contributed by atoms with Crippen molar-refractivity contribution in [3.8, 4) is 0 Å². The quantitative estimate of drug-likeness (QED) is 0.638. The highest BCUT2D eigenvalue weighted by Gasteiger charge is 2.26. The molecule has 75 valence electrons. The summed E-state index contributed by atoms with van der Waals surface area (Å²) in [6, 6.07) is 6.86. The lowest BCUT2D eigenvalue weighted by atomic mass is 9.48. The van der Waals surface area contributed by atoms with Gasteiger partial charge in [0.1, 0.15) is 13.1 Å². The second kappa shape index (κ2) is 4.63. The topological polar surface area (TPSA) is 0 Å². The second-order valence-electron chi connectivity index (χ2n) is 3.66. The molecule has 0 heterocycles. The molecule has 1 aromatic rings. The van der Waals surface area contributed by atoms with E-state index in [1.807, 2.05) is 12.1 Å². The standard InChI is InChI=1S/C12H17BF/c1-4-12(5-2,13-3)10-6-8-11(14)9-7-10/h6-9H,4-5H2,1-3H3. The van der Waals surface area contributed by atoms with Crippen LogP contribution in [0.4, 0.5) is 4.39 Å². The molecule has 0 nitrogen and oxygen atoms in total. The highest BCUT2D eigenvalue weighted by Crippen LogP contribution is 2.30. The summed E-state index contributed by atoms with van der Waals surface area (Å²) in [4.78, 5) is 0. The molecule has 0 spiro atoms. The number of halogens is 1. The van der Waals surface area contributed by atoms with Crippen molar-refractivity contribution < 1.29 is 4.39 Å². The van der Waals surface area contributed by atoms with Crippen LogP contribution in [-0.4, -0.2) is 7.28 Å². The van der Waals surface area contributed by atoms with E-state index in [1.54, 1.807) is 12.1 Å². The lowest BCUT2D eigenvalue weighted by Gasteiger charge is -2.30. The van der Waals surface area contributed by atoms with E-state index in [9.17, 15) is 4.39 Å². The maximum absolute atomic E-state index is 12.8. The first kappa shape index (κ1) is 11.3. The van der Waals surface area contributed by atoms with Gasteiger partial charge in [-0.3, -0.25) is 0 Å². The van der Waals surface area contributed by atoms with Crippen LogP contribution in [0, 0.1) is 5.82 Å². The van der Waals surface area contributed by atoms with Crippen molar-refractivity contribution in [2.24, 2.45) is 0 Å². The van der Waals surface area contributed by atoms with Crippen molar-refractivity contribution in [1.29, 1.82) is 0 Å². The maximum Gasteiger partial charge on any atom is 0.123 e. The van der Waals surface area contributed by atoms with Crippen LogP contribution in [-0.2, 0) is 5.31 Å². The fraction of sp³-hybridized carbons (Fsp3) is 0.500. The zero-order chi connectivity index (χ0) is 10.6. The van der Waals surface area contributed by atoms with E-state index >= 15 is 0 Å². The van der Waals surface area contributed by atoms with Gasteiger partial charge in [-0.2, -0.15) is 0 Å². The Morgan fingerprint density at radius 2 is 1.64 bits per heavy atom. The van der Waals surface area contributed by atoms with Crippen LogP contribution in [0.5, 0.6) is 0 Å². The van der Waals surface area contributed by atoms with Crippen LogP contribution < -0.4 is 0 Å². The molecule has 1 radical (unpaired) electrons. The monoisotopic (exact) mass is 191 g/mol. The fourth-order valence-electron chi connectivity index (χ4n) is 2.01. The number of hydrogen-bond acceptors (Lipinski definition) is 0. The van der Waals surface area contributed by atoms with Crippen molar-refractivity contribution >= 4 is 7.28 Å². The highest BCUT2D eigenvalue weighted by atomic mass is 19.1. The van der Waals surface area contributed by atoms with E-state index in [-0.39, 0.29) is 11.1 Å². The highest BCUT2D eigenvalue weighted by molar-refractivity contribution is 6.38. The Kier molecular flexibility index (Phi) is 3.73. The van der Waals surface area contributed by atoms with E-state index in [1.165, 1.54) is 5.56 Å². The zero-order valence-corrected chi connectivity index (χ0v) is 9.18. The van der Waals surface area contributed by atoms with Crippen LogP contribution in [0.1, 0.15) is 32.3 Å². The summed E-state index contributed by atoms with van der Waals surface area (Å²) >= 11 is 0. The van der Waals surface area contributed by atoms with Crippen molar-refractivity contribution in [2.75, 3.05) is 0 Å². The SMILES string of the molecule is C[B]C(CC)(CC)c1ccc(F)cc1. The minimum Gasteiger partial charge on any atom is -0.207 e. The Morgan fingerprint density at radius 3 is 2.00 bits per heavy atom. The second-order valence-corrected chi connectivity index (χ2v) is 3.66. The minimum absolute atomic E-state index is 0.119. The van der Waals surface area contributed by atoms with E-state index in [2.05, 4.69) is 28.0 Å². The van der Waals surface area contributed by atoms with Gasteiger partial charge in [-0.15, -0.1) is 0 Å². The van der Waals surface area contributed by atoms with Crippen LogP contribution >= 0.6 is 0 Å². The Bertz CT molecular complexity index is 267. The molecule has 0 aliphatic carbocycles. The van der Waals surface area contributed by atoms with Crippen molar-refractivity contribution in [3.63, 3.8) is 0 Å². The normalized spacial score (nSPS) is 11.4. The summed E-state index contributed by atoms with van der Waals surface area (Å²) in [5.41, 5.74) is 1.21. The smallest absolute Gasteiger partial charge is 0.123 e. The third-order valence-corrected chi connectivity index (χ3v) is 3.23. The van der Waals surface area contributed by atoms with Crippen LogP contribution in [0.25, 0.3) is 0 Å². The summed E-state index contributed by atoms with van der Waals surface area (Å²) in [7, 11) is 2.22. The van der Waals surface area contributed by atoms with Gasteiger partial charge in [0, 0.05) is 0 Å². The van der Waals surface area contributed by atoms with E-state index in [0.29, 0.717) is 0 Å². The van der Waals surface area contributed by atoms with Crippen LogP contribution in [0.2, 0.25) is 6.82 Å². The van der Waals surface area contributed by atoms with Gasteiger partial charge >= 0.3 is 0 Å². The van der Waals surface area contributed by atoms with Crippen LogP contribution in [0.15, 0.2) is 24.3 Å². The molecule has 1 aromatic carbocycles. The predicted molar refractivity (Wildman–Crippen MR) is 60.3 cm³/mol. The van der Waals surface area contributed by atoms with Crippen molar-refractivity contribution in [3.05, 3.63) is 35.6 Å². The lowest BCUT2D eigenvalue weighted by Crippen LogP contribution is -2.30. The molecule has 0 atom stereocenters. The molecule has 0 bridgehead atoms. The zero-order valence-electron chi connectivity index (χ0n) is 9.18. The first-order valence-electron chi connectivity index (χ1n) is 5.25. The van der Waals surface area contributed by atoms with Gasteiger partial charge in [0.25, 0.3) is 0 Å². The molecule has 0 saturated carbocycles. The third-order valence-electron chi connectivity index (χ3n) is 3.23. The molecule has 0 aromatic heterocycles. The molecule has 0 aliphatic rings. The summed E-state index contributed by atoms with van der Waals surface area (Å²) in [6.45, 7) is 6.43. The van der Waals surface area contributed by atoms with Gasteiger partial charge in [0.15, 0.2) is 0 Å². The Hall–Kier alpha value is -0.785. The molecule has 0 unspecified atom stereocenters. The first-order chi connectivity index (χ1) is 6.68. The van der Waals surface area contributed by atoms with Gasteiger partial charge in [-0.1, -0.05) is 45.6 Å². The Balaban J connectivity index is 3.05. The van der Waals surface area contributed by atoms with Gasteiger partial charge in [-0.05, 0) is 23.0 Å². The molecule has 0 amide bonds. The van der Waals surface area contributed by atoms with Gasteiger partial charge < -0.3 is 0 Å². The molecular weight excluding hydrogens is 174 g/mol. The third kappa shape index (κ3) is 2.00. The summed E-state index contributed by atoms with van der Waals surface area (Å²) < 4.78 is 12.8. The average Bonchev–Trinajstić information content (AvgIpc) is 2.24. The van der Waals surface area contributed by atoms with Crippen molar-refractivity contribution in [1.82, 2.24) is 0 Å². The average molecular weight is 191 g/mol. The summed E-state index contributed by atoms with van der Waals surface area (Å²) in [5.74, 6) is -0.161. The molecule has 14 heavy (non-hydrogen) atoms. The maximum atomic E-state index is 12.8. The molecule has 0 saturated heterocycles. The van der Waals surface area contributed by atoms with Gasteiger partial charge in [0.05, 0.1) is 0 Å². The number of benzene rings is 1. The molecule has 0 N–H and O–H groups in total. The number of hydrogen-bond donors (Lipinski definition) is 0. The molecule has 1 rings (SSSR count). The fourth-order valence-corrected chi connectivity index (χ4v) is 2.01. The van der Waals surface area contributed by atoms with E-state index < -0.39 is 0 Å². The molecule has 0 fully saturated rings.